The molecular formula is C32H41N3O3. The van der Waals surface area contributed by atoms with Crippen molar-refractivity contribution in [3.8, 4) is 5.75 Å². The molecule has 1 heterocycles. The van der Waals surface area contributed by atoms with Crippen LogP contribution in [0.1, 0.15) is 57.3 Å². The summed E-state index contributed by atoms with van der Waals surface area (Å²) in [6, 6.07) is 16.5. The standard InChI is InChI=1S/C32H41N3O3/c1-22(2)31(36)38-32(17-19-35(3)18-9-14-30-33-27-11-6-7-12-28(27)34-30)21-23-15-16-24(32)20-26(23)25-10-5-8-13-29(25)37-4/h5-8,10-13,20,22-24H,9,14-19,21H2,1-4H3,(H,33,34)/t23-,24-,32+/m1/s1. The number of carbonyl (C=O) groups is 1. The van der Waals surface area contributed by atoms with Gasteiger partial charge in [-0.2, -0.15) is 0 Å². The maximum Gasteiger partial charge on any atom is 0.308 e. The van der Waals surface area contributed by atoms with Crippen LogP contribution in [0.2, 0.25) is 0 Å². The molecule has 6 rings (SSSR count). The summed E-state index contributed by atoms with van der Waals surface area (Å²) < 4.78 is 12.1. The molecule has 3 aliphatic rings. The molecule has 6 nitrogen and oxygen atoms in total. The van der Waals surface area contributed by atoms with Gasteiger partial charge >= 0.3 is 5.97 Å². The van der Waals surface area contributed by atoms with E-state index in [1.165, 1.54) is 11.1 Å². The minimum atomic E-state index is -0.442. The first-order valence-corrected chi connectivity index (χ1v) is 14.1. The lowest BCUT2D eigenvalue weighted by molar-refractivity contribution is -0.176. The number of rotatable bonds is 11. The van der Waals surface area contributed by atoms with Crippen molar-refractivity contribution in [1.82, 2.24) is 14.9 Å². The molecular weight excluding hydrogens is 474 g/mol. The third-order valence-corrected chi connectivity index (χ3v) is 8.42. The van der Waals surface area contributed by atoms with E-state index >= 15 is 0 Å². The van der Waals surface area contributed by atoms with Crippen molar-refractivity contribution >= 4 is 22.6 Å². The number of carbonyl (C=O) groups excluding carboxylic acids is 1. The first kappa shape index (κ1) is 26.5. The summed E-state index contributed by atoms with van der Waals surface area (Å²) in [6.45, 7) is 5.73. The van der Waals surface area contributed by atoms with E-state index in [2.05, 4.69) is 41.2 Å². The molecule has 38 heavy (non-hydrogen) atoms. The van der Waals surface area contributed by atoms with Crippen LogP contribution in [0.4, 0.5) is 0 Å². The fraction of sp³-hybridized carbons (Fsp3) is 0.500. The summed E-state index contributed by atoms with van der Waals surface area (Å²) in [4.78, 5) is 23.4. The molecule has 3 aliphatic carbocycles. The molecule has 0 aliphatic heterocycles. The molecule has 0 amide bonds. The van der Waals surface area contributed by atoms with Crippen molar-refractivity contribution in [3.05, 3.63) is 66.0 Å². The summed E-state index contributed by atoms with van der Waals surface area (Å²) in [7, 11) is 3.91. The van der Waals surface area contributed by atoms with E-state index in [0.717, 1.165) is 74.2 Å². The zero-order chi connectivity index (χ0) is 26.7. The summed E-state index contributed by atoms with van der Waals surface area (Å²) in [5, 5.41) is 0. The number of benzene rings is 2. The number of nitrogens with zero attached hydrogens (tertiary/aromatic N) is 2. The zero-order valence-electron chi connectivity index (χ0n) is 23.2. The predicted molar refractivity (Wildman–Crippen MR) is 152 cm³/mol. The number of ether oxygens (including phenoxy) is 2. The van der Waals surface area contributed by atoms with Gasteiger partial charge in [0, 0.05) is 30.9 Å². The topological polar surface area (TPSA) is 67.4 Å². The van der Waals surface area contributed by atoms with Crippen LogP contribution in [0, 0.1) is 17.8 Å². The minimum absolute atomic E-state index is 0.0858. The van der Waals surface area contributed by atoms with Crippen molar-refractivity contribution in [2.75, 3.05) is 27.2 Å². The molecule has 1 saturated carbocycles. The number of nitrogens with one attached hydrogen (secondary N) is 1. The van der Waals surface area contributed by atoms with Crippen LogP contribution < -0.4 is 4.74 Å². The van der Waals surface area contributed by atoms with E-state index in [1.54, 1.807) is 7.11 Å². The number of fused-ring (bicyclic) bond motifs is 3. The Bertz CT molecular complexity index is 1260. The number of H-pyrrole nitrogens is 1. The normalized spacial score (nSPS) is 22.7. The van der Waals surface area contributed by atoms with E-state index in [4.69, 9.17) is 14.5 Å². The number of esters is 1. The van der Waals surface area contributed by atoms with E-state index in [-0.39, 0.29) is 17.8 Å². The van der Waals surface area contributed by atoms with Gasteiger partial charge in [-0.05, 0) is 69.0 Å². The zero-order valence-corrected chi connectivity index (χ0v) is 23.2. The average Bonchev–Trinajstić information content (AvgIpc) is 3.35. The van der Waals surface area contributed by atoms with Crippen LogP contribution in [0.15, 0.2) is 54.6 Å². The second kappa shape index (κ2) is 11.3. The highest BCUT2D eigenvalue weighted by atomic mass is 16.6. The maximum atomic E-state index is 12.9. The van der Waals surface area contributed by atoms with Gasteiger partial charge in [0.05, 0.1) is 24.1 Å². The van der Waals surface area contributed by atoms with E-state index in [9.17, 15) is 4.79 Å². The molecule has 1 aromatic heterocycles. The van der Waals surface area contributed by atoms with Gasteiger partial charge in [0.15, 0.2) is 0 Å². The van der Waals surface area contributed by atoms with Gasteiger partial charge < -0.3 is 19.4 Å². The van der Waals surface area contributed by atoms with Crippen LogP contribution in [0.3, 0.4) is 0 Å². The second-order valence-corrected chi connectivity index (χ2v) is 11.4. The summed E-state index contributed by atoms with van der Waals surface area (Å²) in [6.07, 6.45) is 8.26. The lowest BCUT2D eigenvalue weighted by Gasteiger charge is -2.50. The van der Waals surface area contributed by atoms with Gasteiger partial charge in [-0.3, -0.25) is 4.79 Å². The maximum absolute atomic E-state index is 12.9. The van der Waals surface area contributed by atoms with Crippen molar-refractivity contribution in [3.63, 3.8) is 0 Å². The molecule has 0 spiro atoms. The van der Waals surface area contributed by atoms with Gasteiger partial charge in [0.2, 0.25) is 0 Å². The van der Waals surface area contributed by atoms with Crippen LogP contribution in [-0.2, 0) is 16.0 Å². The van der Waals surface area contributed by atoms with Gasteiger partial charge in [-0.15, -0.1) is 0 Å². The van der Waals surface area contributed by atoms with Crippen LogP contribution in [0.5, 0.6) is 5.75 Å². The SMILES string of the molecule is COc1ccccc1C1=C[C@H]2CC[C@@H]1C[C@]2(CCN(C)CCCc1nc2ccccc2[nH]1)OC(=O)C(C)C. The third-order valence-electron chi connectivity index (χ3n) is 8.42. The van der Waals surface area contributed by atoms with Crippen molar-refractivity contribution in [1.29, 1.82) is 0 Å². The lowest BCUT2D eigenvalue weighted by Crippen LogP contribution is -2.51. The van der Waals surface area contributed by atoms with Crippen LogP contribution in [0.25, 0.3) is 16.6 Å². The Morgan fingerprint density at radius 1 is 1.13 bits per heavy atom. The second-order valence-electron chi connectivity index (χ2n) is 11.4. The van der Waals surface area contributed by atoms with E-state index < -0.39 is 5.60 Å². The lowest BCUT2D eigenvalue weighted by atomic mass is 9.60. The summed E-state index contributed by atoms with van der Waals surface area (Å²) in [5.41, 5.74) is 4.21. The predicted octanol–water partition coefficient (Wildman–Crippen LogP) is 6.28. The van der Waals surface area contributed by atoms with Crippen molar-refractivity contribution < 1.29 is 14.3 Å². The number of hydrogen-bond acceptors (Lipinski definition) is 5. The molecule has 202 valence electrons. The Balaban J connectivity index is 1.26. The Hall–Kier alpha value is -3.12. The number of aryl methyl sites for hydroxylation is 1. The monoisotopic (exact) mass is 515 g/mol. The highest BCUT2D eigenvalue weighted by Gasteiger charge is 2.50. The Labute approximate surface area is 226 Å². The number of hydrogen-bond donors (Lipinski definition) is 1. The fourth-order valence-electron chi connectivity index (χ4n) is 6.27. The number of para-hydroxylation sites is 3. The van der Waals surface area contributed by atoms with Gasteiger partial charge in [-0.25, -0.2) is 4.98 Å². The molecule has 1 N–H and O–H groups in total. The Morgan fingerprint density at radius 3 is 2.66 bits per heavy atom. The van der Waals surface area contributed by atoms with Crippen molar-refractivity contribution in [2.24, 2.45) is 17.8 Å². The highest BCUT2D eigenvalue weighted by molar-refractivity contribution is 5.76. The largest absolute Gasteiger partial charge is 0.496 e. The molecule has 0 saturated heterocycles. The summed E-state index contributed by atoms with van der Waals surface area (Å²) in [5.74, 6) is 2.33. The molecule has 2 bridgehead atoms. The van der Waals surface area contributed by atoms with Gasteiger partial charge in [0.25, 0.3) is 0 Å². The quantitative estimate of drug-likeness (QED) is 0.305. The third kappa shape index (κ3) is 5.51. The number of methoxy groups -OCH3 is 1. The van der Waals surface area contributed by atoms with Gasteiger partial charge in [-0.1, -0.05) is 50.3 Å². The molecule has 2 aromatic carbocycles. The number of allylic oxidation sites excluding steroid dienone is 1. The molecule has 0 unspecified atom stereocenters. The highest BCUT2D eigenvalue weighted by Crippen LogP contribution is 2.54. The molecule has 3 aromatic rings. The Kier molecular flexibility index (Phi) is 7.89. The van der Waals surface area contributed by atoms with Crippen LogP contribution in [-0.4, -0.2) is 53.7 Å². The first-order chi connectivity index (χ1) is 18.4. The number of imidazole rings is 1. The molecule has 6 heteroatoms. The van der Waals surface area contributed by atoms with E-state index in [1.807, 2.05) is 44.2 Å². The minimum Gasteiger partial charge on any atom is -0.496 e. The number of aromatic nitrogens is 2. The van der Waals surface area contributed by atoms with Gasteiger partial charge in [0.1, 0.15) is 17.2 Å². The molecule has 3 atom stereocenters. The molecule has 0 radical (unpaired) electrons. The average molecular weight is 516 g/mol. The first-order valence-electron chi connectivity index (χ1n) is 14.1. The number of aromatic amines is 1. The van der Waals surface area contributed by atoms with Crippen LogP contribution >= 0.6 is 0 Å². The smallest absolute Gasteiger partial charge is 0.308 e. The van der Waals surface area contributed by atoms with Crippen molar-refractivity contribution in [2.45, 2.75) is 58.0 Å². The Morgan fingerprint density at radius 2 is 1.92 bits per heavy atom. The molecule has 1 fully saturated rings. The van der Waals surface area contributed by atoms with E-state index in [0.29, 0.717) is 5.92 Å². The fourth-order valence-corrected chi connectivity index (χ4v) is 6.27. The summed E-state index contributed by atoms with van der Waals surface area (Å²) >= 11 is 0.